The summed E-state index contributed by atoms with van der Waals surface area (Å²) < 4.78 is 5.24. The normalized spacial score (nSPS) is 31.1. The van der Waals surface area contributed by atoms with Gasteiger partial charge in [0.25, 0.3) is 0 Å². The number of nitriles is 1. The van der Waals surface area contributed by atoms with Gasteiger partial charge in [0.05, 0.1) is 18.8 Å². The van der Waals surface area contributed by atoms with Gasteiger partial charge in [0.2, 0.25) is 0 Å². The molecule has 3 atom stereocenters. The summed E-state index contributed by atoms with van der Waals surface area (Å²) in [6, 6.07) is 0. The van der Waals surface area contributed by atoms with Crippen molar-refractivity contribution < 1.29 is 9.84 Å². The zero-order chi connectivity index (χ0) is 9.84. The minimum atomic E-state index is -0.356. The molecule has 0 aromatic heterocycles. The number of nitrogens with zero attached hydrogens (tertiary/aromatic N) is 2. The van der Waals surface area contributed by atoms with Crippen LogP contribution in [0.4, 0.5) is 0 Å². The lowest BCUT2D eigenvalue weighted by Crippen LogP contribution is -2.46. The molecule has 1 saturated heterocycles. The van der Waals surface area contributed by atoms with Crippen LogP contribution < -0.4 is 0 Å². The molecular formula is C9H16N2O2. The Bertz CT molecular complexity index is 200. The summed E-state index contributed by atoms with van der Waals surface area (Å²) in [5, 5.41) is 18.1. The van der Waals surface area contributed by atoms with Crippen molar-refractivity contribution in [2.75, 3.05) is 20.2 Å². The molecule has 4 heteroatoms. The van der Waals surface area contributed by atoms with Crippen LogP contribution in [0.15, 0.2) is 0 Å². The van der Waals surface area contributed by atoms with Crippen LogP contribution in [0, 0.1) is 17.4 Å². The van der Waals surface area contributed by atoms with Crippen LogP contribution in [-0.4, -0.2) is 42.4 Å². The van der Waals surface area contributed by atoms with E-state index in [9.17, 15) is 5.11 Å². The van der Waals surface area contributed by atoms with E-state index in [-0.39, 0.29) is 18.1 Å². The summed E-state index contributed by atoms with van der Waals surface area (Å²) in [7, 11) is 1.63. The SMILES string of the molecule is COC1CN(C#N)CCC1[C@@H](C)O. The summed E-state index contributed by atoms with van der Waals surface area (Å²) >= 11 is 0. The van der Waals surface area contributed by atoms with E-state index in [4.69, 9.17) is 10.00 Å². The molecule has 1 aliphatic rings. The van der Waals surface area contributed by atoms with Crippen LogP contribution in [0.25, 0.3) is 0 Å². The third-order valence-corrected chi connectivity index (χ3v) is 2.67. The van der Waals surface area contributed by atoms with Gasteiger partial charge in [-0.25, -0.2) is 0 Å². The molecule has 1 fully saturated rings. The fourth-order valence-corrected chi connectivity index (χ4v) is 1.83. The van der Waals surface area contributed by atoms with E-state index in [2.05, 4.69) is 6.19 Å². The zero-order valence-corrected chi connectivity index (χ0v) is 8.10. The molecule has 1 N–H and O–H groups in total. The first kappa shape index (κ1) is 10.3. The van der Waals surface area contributed by atoms with E-state index in [1.54, 1.807) is 18.9 Å². The maximum Gasteiger partial charge on any atom is 0.179 e. The highest BCUT2D eigenvalue weighted by molar-refractivity contribution is 4.88. The molecule has 1 rings (SSSR count). The van der Waals surface area contributed by atoms with Gasteiger partial charge >= 0.3 is 0 Å². The Morgan fingerprint density at radius 2 is 2.38 bits per heavy atom. The van der Waals surface area contributed by atoms with Crippen LogP contribution in [0.5, 0.6) is 0 Å². The highest BCUT2D eigenvalue weighted by Gasteiger charge is 2.31. The number of hydrogen-bond donors (Lipinski definition) is 1. The summed E-state index contributed by atoms with van der Waals surface area (Å²) in [6.45, 7) is 3.10. The average molecular weight is 184 g/mol. The Morgan fingerprint density at radius 1 is 1.69 bits per heavy atom. The number of likely N-dealkylation sites (tertiary alicyclic amines) is 1. The standard InChI is InChI=1S/C9H16N2O2/c1-7(12)8-3-4-11(6-10)5-9(8)13-2/h7-9,12H,3-5H2,1-2H3/t7-,8?,9?/m1/s1. The van der Waals surface area contributed by atoms with Crippen LogP contribution in [0.3, 0.4) is 0 Å². The lowest BCUT2D eigenvalue weighted by atomic mass is 9.89. The number of aliphatic hydroxyl groups is 1. The molecule has 1 aliphatic heterocycles. The van der Waals surface area contributed by atoms with Gasteiger partial charge in [-0.3, -0.25) is 0 Å². The first-order chi connectivity index (χ1) is 6.19. The molecule has 2 unspecified atom stereocenters. The van der Waals surface area contributed by atoms with E-state index in [0.29, 0.717) is 6.54 Å². The van der Waals surface area contributed by atoms with E-state index < -0.39 is 0 Å². The Labute approximate surface area is 78.7 Å². The number of methoxy groups -OCH3 is 1. The van der Waals surface area contributed by atoms with Crippen molar-refractivity contribution in [3.8, 4) is 6.19 Å². The lowest BCUT2D eigenvalue weighted by Gasteiger charge is -2.36. The van der Waals surface area contributed by atoms with Gasteiger partial charge in [0.1, 0.15) is 0 Å². The molecule has 0 aromatic carbocycles. The predicted molar refractivity (Wildman–Crippen MR) is 47.8 cm³/mol. The first-order valence-corrected chi connectivity index (χ1v) is 4.54. The minimum Gasteiger partial charge on any atom is -0.393 e. The number of aliphatic hydroxyl groups excluding tert-OH is 1. The molecule has 1 heterocycles. The van der Waals surface area contributed by atoms with Gasteiger partial charge in [-0.05, 0) is 13.3 Å². The van der Waals surface area contributed by atoms with Gasteiger partial charge in [0, 0.05) is 19.6 Å². The van der Waals surface area contributed by atoms with Gasteiger partial charge in [-0.1, -0.05) is 0 Å². The fourth-order valence-electron chi connectivity index (χ4n) is 1.83. The third kappa shape index (κ3) is 2.33. The maximum atomic E-state index is 9.46. The topological polar surface area (TPSA) is 56.5 Å². The third-order valence-electron chi connectivity index (χ3n) is 2.67. The van der Waals surface area contributed by atoms with Crippen molar-refractivity contribution in [1.29, 1.82) is 5.26 Å². The quantitative estimate of drug-likeness (QED) is 0.622. The molecule has 0 spiro atoms. The van der Waals surface area contributed by atoms with Gasteiger partial charge in [0.15, 0.2) is 6.19 Å². The predicted octanol–water partition coefficient (Wildman–Crippen LogP) is 0.185. The van der Waals surface area contributed by atoms with E-state index in [0.717, 1.165) is 13.0 Å². The van der Waals surface area contributed by atoms with Gasteiger partial charge in [-0.15, -0.1) is 0 Å². The van der Waals surface area contributed by atoms with Gasteiger partial charge < -0.3 is 14.7 Å². The van der Waals surface area contributed by atoms with E-state index in [1.807, 2.05) is 0 Å². The molecule has 74 valence electrons. The largest absolute Gasteiger partial charge is 0.393 e. The second-order valence-corrected chi connectivity index (χ2v) is 3.51. The monoisotopic (exact) mass is 184 g/mol. The van der Waals surface area contributed by atoms with Crippen LogP contribution >= 0.6 is 0 Å². The van der Waals surface area contributed by atoms with Crippen LogP contribution in [0.1, 0.15) is 13.3 Å². The number of ether oxygens (including phenoxy) is 1. The average Bonchev–Trinajstić information content (AvgIpc) is 2.16. The number of piperidine rings is 1. The molecule has 0 aliphatic carbocycles. The van der Waals surface area contributed by atoms with E-state index in [1.165, 1.54) is 0 Å². The van der Waals surface area contributed by atoms with Crippen molar-refractivity contribution in [2.45, 2.75) is 25.6 Å². The van der Waals surface area contributed by atoms with E-state index >= 15 is 0 Å². The minimum absolute atomic E-state index is 0.0200. The molecular weight excluding hydrogens is 168 g/mol. The molecule has 13 heavy (non-hydrogen) atoms. The highest BCUT2D eigenvalue weighted by Crippen LogP contribution is 2.22. The Kier molecular flexibility index (Phi) is 3.52. The van der Waals surface area contributed by atoms with Crippen LogP contribution in [0.2, 0.25) is 0 Å². The Balaban J connectivity index is 2.56. The first-order valence-electron chi connectivity index (χ1n) is 4.54. The molecule has 0 radical (unpaired) electrons. The Morgan fingerprint density at radius 3 is 2.85 bits per heavy atom. The Hall–Kier alpha value is -0.790. The fraction of sp³-hybridized carbons (Fsp3) is 0.889. The molecule has 4 nitrogen and oxygen atoms in total. The molecule has 0 saturated carbocycles. The summed E-state index contributed by atoms with van der Waals surface area (Å²) in [5.74, 6) is 0.162. The second kappa shape index (κ2) is 4.45. The zero-order valence-electron chi connectivity index (χ0n) is 8.10. The van der Waals surface area contributed by atoms with Crippen LogP contribution in [-0.2, 0) is 4.74 Å². The smallest absolute Gasteiger partial charge is 0.179 e. The van der Waals surface area contributed by atoms with Crippen molar-refractivity contribution in [3.05, 3.63) is 0 Å². The lowest BCUT2D eigenvalue weighted by molar-refractivity contribution is -0.0433. The summed E-state index contributed by atoms with van der Waals surface area (Å²) in [5.41, 5.74) is 0. The van der Waals surface area contributed by atoms with Gasteiger partial charge in [-0.2, -0.15) is 5.26 Å². The summed E-state index contributed by atoms with van der Waals surface area (Å²) in [4.78, 5) is 1.67. The maximum absolute atomic E-state index is 9.46. The molecule has 0 aromatic rings. The molecule has 0 bridgehead atoms. The van der Waals surface area contributed by atoms with Crippen molar-refractivity contribution >= 4 is 0 Å². The van der Waals surface area contributed by atoms with Crippen molar-refractivity contribution in [3.63, 3.8) is 0 Å². The van der Waals surface area contributed by atoms with Crippen molar-refractivity contribution in [1.82, 2.24) is 4.90 Å². The molecule has 0 amide bonds. The second-order valence-electron chi connectivity index (χ2n) is 3.51. The number of hydrogen-bond acceptors (Lipinski definition) is 4. The van der Waals surface area contributed by atoms with Crippen molar-refractivity contribution in [2.24, 2.45) is 5.92 Å². The summed E-state index contributed by atoms with van der Waals surface area (Å²) in [6.07, 6.45) is 2.55. The number of rotatable bonds is 2. The highest BCUT2D eigenvalue weighted by atomic mass is 16.5.